The van der Waals surface area contributed by atoms with E-state index in [1.54, 1.807) is 0 Å². The highest BCUT2D eigenvalue weighted by atomic mass is 33.1. The molecular formula is C18H38N4O8S2. The van der Waals surface area contributed by atoms with Crippen LogP contribution in [0, 0.1) is 11.8 Å². The van der Waals surface area contributed by atoms with Gasteiger partial charge in [-0.1, -0.05) is 55.7 Å². The maximum atomic E-state index is 10.3. The molecule has 0 aromatic heterocycles. The summed E-state index contributed by atoms with van der Waals surface area (Å²) in [7, 11) is 2.41. The van der Waals surface area contributed by atoms with Crippen LogP contribution in [-0.2, 0) is 19.2 Å². The number of nitrogens with two attached hydrogens (primary N) is 4. The largest absolute Gasteiger partial charge is 0.480 e. The van der Waals surface area contributed by atoms with Crippen molar-refractivity contribution in [3.05, 3.63) is 0 Å². The number of hydrogen-bond donors (Lipinski definition) is 8. The number of hydrogen-bond acceptors (Lipinski definition) is 10. The minimum atomic E-state index is -1.07. The highest BCUT2D eigenvalue weighted by Gasteiger charge is 2.17. The van der Waals surface area contributed by atoms with Gasteiger partial charge < -0.3 is 43.4 Å². The Labute approximate surface area is 196 Å². The average molecular weight is 503 g/mol. The molecule has 32 heavy (non-hydrogen) atoms. The Hall–Kier alpha value is -1.58. The van der Waals surface area contributed by atoms with Gasteiger partial charge in [-0.3, -0.25) is 19.2 Å². The van der Waals surface area contributed by atoms with Gasteiger partial charge in [-0.05, 0) is 18.3 Å². The van der Waals surface area contributed by atoms with Crippen LogP contribution in [0.15, 0.2) is 0 Å². The SMILES string of the molecule is CC(C)CC(N)C(=O)O.CCC(C)C(N)C(=O)O.NC(CSSCC(N)C(=O)O)C(=O)O. The summed E-state index contributed by atoms with van der Waals surface area (Å²) < 4.78 is 0. The van der Waals surface area contributed by atoms with Crippen LogP contribution >= 0.6 is 21.6 Å². The van der Waals surface area contributed by atoms with E-state index < -0.39 is 48.0 Å². The maximum Gasteiger partial charge on any atom is 0.321 e. The van der Waals surface area contributed by atoms with Gasteiger partial charge in [-0.25, -0.2) is 0 Å². The minimum absolute atomic E-state index is 0.0718. The third-order valence-corrected chi connectivity index (χ3v) is 6.27. The zero-order valence-corrected chi connectivity index (χ0v) is 20.5. The van der Waals surface area contributed by atoms with Gasteiger partial charge >= 0.3 is 23.9 Å². The molecule has 0 saturated carbocycles. The molecule has 12 nitrogen and oxygen atoms in total. The molecule has 0 fully saturated rings. The second kappa shape index (κ2) is 20.1. The van der Waals surface area contributed by atoms with E-state index in [4.69, 9.17) is 43.4 Å². The van der Waals surface area contributed by atoms with Crippen molar-refractivity contribution < 1.29 is 39.6 Å². The summed E-state index contributed by atoms with van der Waals surface area (Å²) in [5.74, 6) is -3.08. The molecule has 14 heteroatoms. The van der Waals surface area contributed by atoms with Gasteiger partial charge in [-0.15, -0.1) is 0 Å². The molecule has 0 spiro atoms. The van der Waals surface area contributed by atoms with Gasteiger partial charge in [-0.2, -0.15) is 0 Å². The summed E-state index contributed by atoms with van der Waals surface area (Å²) in [6, 6.07) is -3.23. The standard InChI is InChI=1S/C6H12N2O4S2.2C6H13NO2/c7-3(5(9)10)1-13-14-2-4(8)6(11)12;1-4(2)3-5(7)6(8)9;1-3-4(2)5(7)6(8)9/h3-4H,1-2,7-8H2,(H,9,10)(H,11,12);2*4-5H,3,7H2,1-2H3,(H,8,9). The molecule has 0 radical (unpaired) electrons. The van der Waals surface area contributed by atoms with E-state index in [0.717, 1.165) is 6.42 Å². The van der Waals surface area contributed by atoms with Crippen molar-refractivity contribution in [1.82, 2.24) is 0 Å². The fourth-order valence-electron chi connectivity index (χ4n) is 1.49. The monoisotopic (exact) mass is 502 g/mol. The van der Waals surface area contributed by atoms with E-state index in [1.807, 2.05) is 27.7 Å². The predicted molar refractivity (Wildman–Crippen MR) is 126 cm³/mol. The Morgan fingerprint density at radius 3 is 1.19 bits per heavy atom. The molecule has 5 atom stereocenters. The van der Waals surface area contributed by atoms with Crippen molar-refractivity contribution in [2.45, 2.75) is 64.7 Å². The second-order valence-corrected chi connectivity index (χ2v) is 9.83. The first kappa shape index (κ1) is 35.0. The first-order valence-electron chi connectivity index (χ1n) is 9.76. The van der Waals surface area contributed by atoms with E-state index in [0.29, 0.717) is 12.3 Å². The van der Waals surface area contributed by atoms with Crippen LogP contribution in [0.2, 0.25) is 0 Å². The smallest absolute Gasteiger partial charge is 0.321 e. The molecule has 0 saturated heterocycles. The highest BCUT2D eigenvalue weighted by Crippen LogP contribution is 2.22. The van der Waals surface area contributed by atoms with Gasteiger partial charge in [0.15, 0.2) is 0 Å². The Bertz CT molecular complexity index is 547. The zero-order valence-electron chi connectivity index (χ0n) is 18.8. The van der Waals surface area contributed by atoms with Gasteiger partial charge in [0.1, 0.15) is 24.2 Å². The molecule has 0 rings (SSSR count). The molecule has 0 heterocycles. The predicted octanol–water partition coefficient (Wildman–Crippen LogP) is 0.0804. The van der Waals surface area contributed by atoms with Gasteiger partial charge in [0.2, 0.25) is 0 Å². The first-order chi connectivity index (χ1) is 14.6. The molecule has 0 bridgehead atoms. The number of rotatable bonds is 13. The minimum Gasteiger partial charge on any atom is -0.480 e. The van der Waals surface area contributed by atoms with Gasteiger partial charge in [0.05, 0.1) is 0 Å². The fraction of sp³-hybridized carbons (Fsp3) is 0.778. The van der Waals surface area contributed by atoms with Crippen LogP contribution < -0.4 is 22.9 Å². The third kappa shape index (κ3) is 21.6. The normalized spacial score (nSPS) is 15.0. The van der Waals surface area contributed by atoms with Crippen molar-refractivity contribution in [3.63, 3.8) is 0 Å². The molecule has 0 aliphatic rings. The fourth-order valence-corrected chi connectivity index (χ4v) is 3.72. The Morgan fingerprint density at radius 1 is 0.688 bits per heavy atom. The number of carboxylic acid groups (broad SMARTS) is 4. The zero-order chi connectivity index (χ0) is 26.0. The topological polar surface area (TPSA) is 253 Å². The summed E-state index contributed by atoms with van der Waals surface area (Å²) in [4.78, 5) is 40.8. The maximum absolute atomic E-state index is 10.3. The van der Waals surface area contributed by atoms with Crippen molar-refractivity contribution >= 4 is 45.5 Å². The number of aliphatic carboxylic acids is 4. The van der Waals surface area contributed by atoms with Crippen LogP contribution in [0.5, 0.6) is 0 Å². The summed E-state index contributed by atoms with van der Waals surface area (Å²) in [5, 5.41) is 33.5. The molecule has 5 unspecified atom stereocenters. The lowest BCUT2D eigenvalue weighted by Gasteiger charge is -2.11. The third-order valence-electron chi connectivity index (χ3n) is 3.80. The van der Waals surface area contributed by atoms with E-state index in [2.05, 4.69) is 0 Å². The van der Waals surface area contributed by atoms with Gasteiger partial charge in [0.25, 0.3) is 0 Å². The average Bonchev–Trinajstić information content (AvgIpc) is 2.69. The van der Waals surface area contributed by atoms with Crippen LogP contribution in [0.4, 0.5) is 0 Å². The van der Waals surface area contributed by atoms with Crippen LogP contribution in [0.25, 0.3) is 0 Å². The van der Waals surface area contributed by atoms with E-state index in [9.17, 15) is 19.2 Å². The van der Waals surface area contributed by atoms with E-state index in [-0.39, 0.29) is 17.4 Å². The molecular weight excluding hydrogens is 464 g/mol. The molecule has 0 aliphatic heterocycles. The van der Waals surface area contributed by atoms with Crippen LogP contribution in [0.3, 0.4) is 0 Å². The Balaban J connectivity index is -0.000000411. The number of carbonyl (C=O) groups is 4. The molecule has 0 aromatic rings. The van der Waals surface area contributed by atoms with Crippen molar-refractivity contribution in [1.29, 1.82) is 0 Å². The van der Waals surface area contributed by atoms with Crippen LogP contribution in [-0.4, -0.2) is 80.0 Å². The lowest BCUT2D eigenvalue weighted by atomic mass is 10.0. The molecule has 0 aliphatic carbocycles. The summed E-state index contributed by atoms with van der Waals surface area (Å²) >= 11 is 0. The summed E-state index contributed by atoms with van der Waals surface area (Å²) in [5.41, 5.74) is 20.9. The lowest BCUT2D eigenvalue weighted by molar-refractivity contribution is -0.140. The molecule has 12 N–H and O–H groups in total. The van der Waals surface area contributed by atoms with E-state index in [1.165, 1.54) is 21.6 Å². The second-order valence-electron chi connectivity index (χ2n) is 7.28. The quantitative estimate of drug-likeness (QED) is 0.123. The van der Waals surface area contributed by atoms with Crippen molar-refractivity contribution in [2.24, 2.45) is 34.8 Å². The molecule has 0 amide bonds. The molecule has 0 aromatic carbocycles. The van der Waals surface area contributed by atoms with Crippen LogP contribution in [0.1, 0.15) is 40.5 Å². The molecule has 190 valence electrons. The number of carboxylic acids is 4. The summed E-state index contributed by atoms with van der Waals surface area (Å²) in [6.07, 6.45) is 1.36. The van der Waals surface area contributed by atoms with Crippen molar-refractivity contribution in [3.8, 4) is 0 Å². The van der Waals surface area contributed by atoms with E-state index >= 15 is 0 Å². The summed E-state index contributed by atoms with van der Waals surface area (Å²) in [6.45, 7) is 7.65. The van der Waals surface area contributed by atoms with Gasteiger partial charge in [0, 0.05) is 11.5 Å². The Kier molecular flexibility index (Phi) is 21.9. The highest BCUT2D eigenvalue weighted by molar-refractivity contribution is 8.76. The Morgan fingerprint density at radius 2 is 1.03 bits per heavy atom. The lowest BCUT2D eigenvalue weighted by Crippen LogP contribution is -2.36. The first-order valence-corrected chi connectivity index (χ1v) is 12.2. The van der Waals surface area contributed by atoms with Crippen molar-refractivity contribution in [2.75, 3.05) is 11.5 Å².